The highest BCUT2D eigenvalue weighted by Gasteiger charge is 2.21. The van der Waals surface area contributed by atoms with Crippen LogP contribution in [0.4, 0.5) is 10.1 Å². The first kappa shape index (κ1) is 12.4. The first-order chi connectivity index (χ1) is 8.72. The van der Waals surface area contributed by atoms with Gasteiger partial charge in [-0.05, 0) is 31.4 Å². The molecule has 5 heteroatoms. The molecule has 1 aliphatic heterocycles. The molecule has 0 aromatic heterocycles. The molecule has 2 N–H and O–H groups in total. The topological polar surface area (TPSA) is 64.9 Å². The van der Waals surface area contributed by atoms with Gasteiger partial charge in [-0.15, -0.1) is 0 Å². The highest BCUT2D eigenvalue weighted by Crippen LogP contribution is 2.20. The predicted octanol–water partition coefficient (Wildman–Crippen LogP) is 1.78. The Morgan fingerprint density at radius 2 is 2.28 bits per heavy atom. The number of hydrogen-bond donors (Lipinski definition) is 2. The Morgan fingerprint density at radius 1 is 1.44 bits per heavy atom. The van der Waals surface area contributed by atoms with Gasteiger partial charge in [0.25, 0.3) is 0 Å². The summed E-state index contributed by atoms with van der Waals surface area (Å²) in [6.45, 7) is 0.672. The molecule has 0 bridgehead atoms. The van der Waals surface area contributed by atoms with E-state index in [1.807, 2.05) is 6.07 Å². The molecule has 0 aliphatic carbocycles. The molecular weight excluding hydrogens is 233 g/mol. The molecule has 1 aliphatic rings. The van der Waals surface area contributed by atoms with Gasteiger partial charge in [0.2, 0.25) is 5.91 Å². The summed E-state index contributed by atoms with van der Waals surface area (Å²) < 4.78 is 13.4. The van der Waals surface area contributed by atoms with Gasteiger partial charge in [-0.3, -0.25) is 4.79 Å². The van der Waals surface area contributed by atoms with Gasteiger partial charge in [-0.2, -0.15) is 5.26 Å². The quantitative estimate of drug-likeness (QED) is 0.837. The fourth-order valence-corrected chi connectivity index (χ4v) is 2.02. The van der Waals surface area contributed by atoms with Gasteiger partial charge in [0.05, 0.1) is 5.69 Å². The molecule has 0 spiro atoms. The highest BCUT2D eigenvalue weighted by molar-refractivity contribution is 5.85. The normalized spacial score (nSPS) is 19.6. The number of carbonyl (C=O) groups excluding carboxylic acids is 1. The Morgan fingerprint density at radius 3 is 3.06 bits per heavy atom. The SMILES string of the molecule is N#Cc1c(F)cccc1N[C@H]1CCCCNC1=O. The molecule has 0 radical (unpaired) electrons. The average molecular weight is 247 g/mol. The molecule has 0 unspecified atom stereocenters. The van der Waals surface area contributed by atoms with E-state index in [0.717, 1.165) is 12.8 Å². The second-order valence-electron chi connectivity index (χ2n) is 4.26. The summed E-state index contributed by atoms with van der Waals surface area (Å²) in [6.07, 6.45) is 2.55. The fraction of sp³-hybridized carbons (Fsp3) is 0.385. The standard InChI is InChI=1S/C13H14FN3O/c14-10-4-3-6-11(9(10)8-15)17-12-5-1-2-7-16-13(12)18/h3-4,6,12,17H,1-2,5,7H2,(H,16,18)/t12-/m0/s1. The molecule has 18 heavy (non-hydrogen) atoms. The van der Waals surface area contributed by atoms with E-state index in [-0.39, 0.29) is 11.5 Å². The number of rotatable bonds is 2. The van der Waals surface area contributed by atoms with Crippen molar-refractivity contribution < 1.29 is 9.18 Å². The molecule has 1 fully saturated rings. The second-order valence-corrected chi connectivity index (χ2v) is 4.26. The predicted molar refractivity (Wildman–Crippen MR) is 65.4 cm³/mol. The van der Waals surface area contributed by atoms with Crippen LogP contribution >= 0.6 is 0 Å². The van der Waals surface area contributed by atoms with Crippen LogP contribution in [0.5, 0.6) is 0 Å². The first-order valence-corrected chi connectivity index (χ1v) is 5.95. The van der Waals surface area contributed by atoms with Crippen LogP contribution in [0.15, 0.2) is 18.2 Å². The van der Waals surface area contributed by atoms with Crippen molar-refractivity contribution >= 4 is 11.6 Å². The largest absolute Gasteiger partial charge is 0.373 e. The van der Waals surface area contributed by atoms with Crippen molar-refractivity contribution in [2.75, 3.05) is 11.9 Å². The van der Waals surface area contributed by atoms with Gasteiger partial charge < -0.3 is 10.6 Å². The molecule has 4 nitrogen and oxygen atoms in total. The van der Waals surface area contributed by atoms with Crippen LogP contribution in [-0.2, 0) is 4.79 Å². The number of halogens is 1. The van der Waals surface area contributed by atoms with Crippen molar-refractivity contribution in [3.8, 4) is 6.07 Å². The smallest absolute Gasteiger partial charge is 0.242 e. The van der Waals surface area contributed by atoms with Gasteiger partial charge in [0.1, 0.15) is 23.5 Å². The van der Waals surface area contributed by atoms with Crippen LogP contribution in [0.3, 0.4) is 0 Å². The van der Waals surface area contributed by atoms with E-state index in [1.165, 1.54) is 12.1 Å². The van der Waals surface area contributed by atoms with Crippen LogP contribution < -0.4 is 10.6 Å². The lowest BCUT2D eigenvalue weighted by Crippen LogP contribution is -2.38. The molecule has 1 saturated heterocycles. The Bertz CT molecular complexity index is 495. The molecular formula is C13H14FN3O. The van der Waals surface area contributed by atoms with E-state index in [0.29, 0.717) is 18.7 Å². The zero-order chi connectivity index (χ0) is 13.0. The summed E-state index contributed by atoms with van der Waals surface area (Å²) in [5, 5.41) is 14.7. The van der Waals surface area contributed by atoms with Crippen LogP contribution in [0.25, 0.3) is 0 Å². The molecule has 0 saturated carbocycles. The Hall–Kier alpha value is -2.09. The second kappa shape index (κ2) is 5.50. The van der Waals surface area contributed by atoms with Crippen molar-refractivity contribution in [3.63, 3.8) is 0 Å². The number of nitrogens with one attached hydrogen (secondary N) is 2. The maximum Gasteiger partial charge on any atom is 0.242 e. The van der Waals surface area contributed by atoms with Crippen molar-refractivity contribution in [1.29, 1.82) is 5.26 Å². The van der Waals surface area contributed by atoms with E-state index >= 15 is 0 Å². The minimum Gasteiger partial charge on any atom is -0.373 e. The van der Waals surface area contributed by atoms with E-state index in [2.05, 4.69) is 10.6 Å². The number of hydrogen-bond acceptors (Lipinski definition) is 3. The maximum atomic E-state index is 13.4. The lowest BCUT2D eigenvalue weighted by molar-refractivity contribution is -0.121. The van der Waals surface area contributed by atoms with Crippen molar-refractivity contribution in [2.45, 2.75) is 25.3 Å². The van der Waals surface area contributed by atoms with E-state index in [1.54, 1.807) is 6.07 Å². The Labute approximate surface area is 105 Å². The van der Waals surface area contributed by atoms with Gasteiger partial charge in [-0.1, -0.05) is 6.07 Å². The van der Waals surface area contributed by atoms with Crippen molar-refractivity contribution in [2.24, 2.45) is 0 Å². The van der Waals surface area contributed by atoms with Gasteiger partial charge in [-0.25, -0.2) is 4.39 Å². The van der Waals surface area contributed by atoms with Crippen molar-refractivity contribution in [1.82, 2.24) is 5.32 Å². The van der Waals surface area contributed by atoms with Crippen LogP contribution in [-0.4, -0.2) is 18.5 Å². The monoisotopic (exact) mass is 247 g/mol. The number of anilines is 1. The van der Waals surface area contributed by atoms with E-state index in [9.17, 15) is 9.18 Å². The molecule has 2 rings (SSSR count). The average Bonchev–Trinajstić information content (AvgIpc) is 2.55. The molecule has 1 heterocycles. The van der Waals surface area contributed by atoms with Crippen LogP contribution in [0, 0.1) is 17.1 Å². The zero-order valence-electron chi connectivity index (χ0n) is 9.87. The lowest BCUT2D eigenvalue weighted by atomic mass is 10.1. The maximum absolute atomic E-state index is 13.4. The molecule has 94 valence electrons. The highest BCUT2D eigenvalue weighted by atomic mass is 19.1. The minimum atomic E-state index is -0.573. The fourth-order valence-electron chi connectivity index (χ4n) is 2.02. The zero-order valence-corrected chi connectivity index (χ0v) is 9.87. The first-order valence-electron chi connectivity index (χ1n) is 5.95. The summed E-state index contributed by atoms with van der Waals surface area (Å²) in [5.74, 6) is -0.669. The van der Waals surface area contributed by atoms with Gasteiger partial charge >= 0.3 is 0 Å². The molecule has 1 aromatic rings. The summed E-state index contributed by atoms with van der Waals surface area (Å²) in [7, 11) is 0. The van der Waals surface area contributed by atoms with Gasteiger partial charge in [0, 0.05) is 6.54 Å². The Kier molecular flexibility index (Phi) is 3.78. The summed E-state index contributed by atoms with van der Waals surface area (Å²) in [6, 6.07) is 5.78. The third-order valence-electron chi connectivity index (χ3n) is 2.99. The molecule has 1 aromatic carbocycles. The minimum absolute atomic E-state index is 0.0467. The summed E-state index contributed by atoms with van der Waals surface area (Å²) in [4.78, 5) is 11.8. The molecule has 1 atom stereocenters. The molecule has 1 amide bonds. The number of nitriles is 1. The lowest BCUT2D eigenvalue weighted by Gasteiger charge is -2.17. The third kappa shape index (κ3) is 2.59. The van der Waals surface area contributed by atoms with Gasteiger partial charge in [0.15, 0.2) is 0 Å². The summed E-state index contributed by atoms with van der Waals surface area (Å²) >= 11 is 0. The number of carbonyl (C=O) groups is 1. The number of benzene rings is 1. The van der Waals surface area contributed by atoms with E-state index in [4.69, 9.17) is 5.26 Å². The van der Waals surface area contributed by atoms with Crippen LogP contribution in [0.1, 0.15) is 24.8 Å². The summed E-state index contributed by atoms with van der Waals surface area (Å²) in [5.41, 5.74) is 0.328. The third-order valence-corrected chi connectivity index (χ3v) is 2.99. The number of nitrogens with zero attached hydrogens (tertiary/aromatic N) is 1. The number of amides is 1. The van der Waals surface area contributed by atoms with E-state index < -0.39 is 11.9 Å². The Balaban J connectivity index is 2.20. The van der Waals surface area contributed by atoms with Crippen LogP contribution in [0.2, 0.25) is 0 Å². The van der Waals surface area contributed by atoms with Crippen molar-refractivity contribution in [3.05, 3.63) is 29.6 Å².